The fourth-order valence-corrected chi connectivity index (χ4v) is 3.05. The molecule has 2 rings (SSSR count). The molecule has 2 aliphatic rings. The van der Waals surface area contributed by atoms with Crippen LogP contribution in [0.25, 0.3) is 0 Å². The topological polar surface area (TPSA) is 30.5 Å². The highest BCUT2D eigenvalue weighted by molar-refractivity contribution is 4.85. The van der Waals surface area contributed by atoms with Crippen LogP contribution in [0.1, 0.15) is 32.6 Å². The molecule has 0 aliphatic carbocycles. The van der Waals surface area contributed by atoms with E-state index >= 15 is 0 Å². The molecular formula is C13H25NO2. The maximum Gasteiger partial charge on any atom is 0.0509 e. The largest absolute Gasteiger partial charge is 0.381 e. The molecule has 2 aliphatic heterocycles. The molecule has 3 nitrogen and oxygen atoms in total. The average Bonchev–Trinajstić information content (AvgIpc) is 2.38. The summed E-state index contributed by atoms with van der Waals surface area (Å²) in [5.41, 5.74) is 0. The van der Waals surface area contributed by atoms with Crippen molar-refractivity contribution >= 4 is 0 Å². The molecule has 2 fully saturated rings. The molecule has 2 atom stereocenters. The molecule has 3 heteroatoms. The molecule has 0 saturated carbocycles. The summed E-state index contributed by atoms with van der Waals surface area (Å²) < 4.78 is 11.2. The summed E-state index contributed by atoms with van der Waals surface area (Å²) in [5.74, 6) is 1.39. The van der Waals surface area contributed by atoms with Crippen LogP contribution in [0, 0.1) is 11.8 Å². The highest BCUT2D eigenvalue weighted by Gasteiger charge is 2.31. The highest BCUT2D eigenvalue weighted by atomic mass is 16.5. The van der Waals surface area contributed by atoms with Crippen LogP contribution >= 0.6 is 0 Å². The fraction of sp³-hybridized carbons (Fsp3) is 1.00. The Morgan fingerprint density at radius 1 is 1.06 bits per heavy atom. The van der Waals surface area contributed by atoms with Crippen molar-refractivity contribution in [2.24, 2.45) is 11.8 Å². The Bertz CT molecular complexity index is 168. The van der Waals surface area contributed by atoms with Crippen molar-refractivity contribution in [1.29, 1.82) is 0 Å². The first kappa shape index (κ1) is 12.3. The van der Waals surface area contributed by atoms with Crippen LogP contribution in [0.2, 0.25) is 0 Å². The zero-order chi connectivity index (χ0) is 11.2. The van der Waals surface area contributed by atoms with Gasteiger partial charge in [-0.25, -0.2) is 0 Å². The second kappa shape index (κ2) is 6.58. The van der Waals surface area contributed by atoms with E-state index in [4.69, 9.17) is 9.47 Å². The first-order valence-electron chi connectivity index (χ1n) is 6.80. The van der Waals surface area contributed by atoms with Crippen LogP contribution in [0.3, 0.4) is 0 Å². The third-order valence-electron chi connectivity index (χ3n) is 3.85. The second-order valence-electron chi connectivity index (χ2n) is 5.04. The first-order valence-corrected chi connectivity index (χ1v) is 6.80. The number of hydrogen-bond acceptors (Lipinski definition) is 3. The van der Waals surface area contributed by atoms with Gasteiger partial charge in [0.15, 0.2) is 0 Å². The molecule has 2 heterocycles. The lowest BCUT2D eigenvalue weighted by Crippen LogP contribution is -2.47. The summed E-state index contributed by atoms with van der Waals surface area (Å²) in [6.45, 7) is 7.04. The van der Waals surface area contributed by atoms with Crippen molar-refractivity contribution in [1.82, 2.24) is 5.32 Å². The summed E-state index contributed by atoms with van der Waals surface area (Å²) in [4.78, 5) is 0. The maximum atomic E-state index is 5.62. The van der Waals surface area contributed by atoms with Gasteiger partial charge >= 0.3 is 0 Å². The van der Waals surface area contributed by atoms with Gasteiger partial charge in [0.25, 0.3) is 0 Å². The Morgan fingerprint density at radius 3 is 2.00 bits per heavy atom. The van der Waals surface area contributed by atoms with Crippen molar-refractivity contribution < 1.29 is 9.47 Å². The van der Waals surface area contributed by atoms with Crippen LogP contribution in [0.5, 0.6) is 0 Å². The van der Waals surface area contributed by atoms with Gasteiger partial charge in [-0.1, -0.05) is 6.92 Å². The molecule has 0 radical (unpaired) electrons. The molecule has 94 valence electrons. The van der Waals surface area contributed by atoms with Gasteiger partial charge in [-0.15, -0.1) is 0 Å². The molecule has 0 aromatic heterocycles. The smallest absolute Gasteiger partial charge is 0.0509 e. The number of nitrogens with one attached hydrogen (secondary N) is 1. The minimum atomic E-state index is 0.602. The van der Waals surface area contributed by atoms with E-state index in [2.05, 4.69) is 12.2 Å². The van der Waals surface area contributed by atoms with Crippen molar-refractivity contribution in [2.75, 3.05) is 33.0 Å². The Labute approximate surface area is 98.9 Å². The lowest BCUT2D eigenvalue weighted by atomic mass is 9.82. The van der Waals surface area contributed by atoms with Gasteiger partial charge in [-0.3, -0.25) is 0 Å². The van der Waals surface area contributed by atoms with Crippen molar-refractivity contribution in [2.45, 2.75) is 38.6 Å². The molecular weight excluding hydrogens is 202 g/mol. The SMILES string of the molecule is CCNC(C1CCCOC1)C1CCCOC1. The van der Waals surface area contributed by atoms with Gasteiger partial charge < -0.3 is 14.8 Å². The third-order valence-corrected chi connectivity index (χ3v) is 3.85. The lowest BCUT2D eigenvalue weighted by Gasteiger charge is -2.37. The standard InChI is InChI=1S/C13H25NO2/c1-2-14-13(11-5-3-7-15-9-11)12-6-4-8-16-10-12/h11-14H,2-10H2,1H3. The molecule has 2 saturated heterocycles. The summed E-state index contributed by atoms with van der Waals surface area (Å²) in [6.07, 6.45) is 5.07. The van der Waals surface area contributed by atoms with Crippen LogP contribution < -0.4 is 5.32 Å². The highest BCUT2D eigenvalue weighted by Crippen LogP contribution is 2.27. The maximum absolute atomic E-state index is 5.62. The lowest BCUT2D eigenvalue weighted by molar-refractivity contribution is -0.00767. The Balaban J connectivity index is 1.91. The van der Waals surface area contributed by atoms with E-state index in [9.17, 15) is 0 Å². The summed E-state index contributed by atoms with van der Waals surface area (Å²) in [6, 6.07) is 0.602. The number of hydrogen-bond donors (Lipinski definition) is 1. The van der Waals surface area contributed by atoms with E-state index in [0.29, 0.717) is 17.9 Å². The fourth-order valence-electron chi connectivity index (χ4n) is 3.05. The monoisotopic (exact) mass is 227 g/mol. The van der Waals surface area contributed by atoms with Crippen molar-refractivity contribution in [3.05, 3.63) is 0 Å². The van der Waals surface area contributed by atoms with Crippen LogP contribution in [0.15, 0.2) is 0 Å². The van der Waals surface area contributed by atoms with Crippen LogP contribution in [0.4, 0.5) is 0 Å². The van der Waals surface area contributed by atoms with E-state index in [1.54, 1.807) is 0 Å². The van der Waals surface area contributed by atoms with Gasteiger partial charge in [0.2, 0.25) is 0 Å². The average molecular weight is 227 g/mol. The minimum Gasteiger partial charge on any atom is -0.381 e. The Kier molecular flexibility index (Phi) is 5.07. The van der Waals surface area contributed by atoms with Gasteiger partial charge in [-0.2, -0.15) is 0 Å². The Morgan fingerprint density at radius 2 is 1.62 bits per heavy atom. The summed E-state index contributed by atoms with van der Waals surface area (Å²) in [7, 11) is 0. The molecule has 16 heavy (non-hydrogen) atoms. The normalized spacial score (nSPS) is 33.6. The summed E-state index contributed by atoms with van der Waals surface area (Å²) in [5, 5.41) is 3.66. The van der Waals surface area contributed by atoms with E-state index in [1.165, 1.54) is 25.7 Å². The predicted molar refractivity (Wildman–Crippen MR) is 64.6 cm³/mol. The molecule has 1 N–H and O–H groups in total. The summed E-state index contributed by atoms with van der Waals surface area (Å²) >= 11 is 0. The predicted octanol–water partition coefficient (Wildman–Crippen LogP) is 1.82. The van der Waals surface area contributed by atoms with E-state index in [1.807, 2.05) is 0 Å². The number of ether oxygens (including phenoxy) is 2. The van der Waals surface area contributed by atoms with Crippen LogP contribution in [-0.4, -0.2) is 39.0 Å². The molecule has 2 unspecified atom stereocenters. The molecule has 0 bridgehead atoms. The van der Waals surface area contributed by atoms with E-state index in [0.717, 1.165) is 33.0 Å². The van der Waals surface area contributed by atoms with Crippen molar-refractivity contribution in [3.8, 4) is 0 Å². The molecule has 0 aromatic carbocycles. The molecule has 0 spiro atoms. The molecule has 0 aromatic rings. The van der Waals surface area contributed by atoms with E-state index in [-0.39, 0.29) is 0 Å². The first-order chi connectivity index (χ1) is 7.92. The van der Waals surface area contributed by atoms with Gasteiger partial charge in [0.1, 0.15) is 0 Å². The van der Waals surface area contributed by atoms with E-state index < -0.39 is 0 Å². The van der Waals surface area contributed by atoms with Crippen LogP contribution in [-0.2, 0) is 9.47 Å². The molecule has 0 amide bonds. The number of rotatable bonds is 4. The van der Waals surface area contributed by atoms with Crippen molar-refractivity contribution in [3.63, 3.8) is 0 Å². The zero-order valence-corrected chi connectivity index (χ0v) is 10.4. The second-order valence-corrected chi connectivity index (χ2v) is 5.04. The zero-order valence-electron chi connectivity index (χ0n) is 10.4. The Hall–Kier alpha value is -0.120. The quantitative estimate of drug-likeness (QED) is 0.794. The van der Waals surface area contributed by atoms with Gasteiger partial charge in [0.05, 0.1) is 13.2 Å². The van der Waals surface area contributed by atoms with Gasteiger partial charge in [-0.05, 0) is 44.1 Å². The minimum absolute atomic E-state index is 0.602. The van der Waals surface area contributed by atoms with Gasteiger partial charge in [0, 0.05) is 19.3 Å². The third kappa shape index (κ3) is 3.19.